The summed E-state index contributed by atoms with van der Waals surface area (Å²) in [5, 5.41) is 8.21. The van der Waals surface area contributed by atoms with Crippen molar-refractivity contribution in [2.45, 2.75) is 32.6 Å². The van der Waals surface area contributed by atoms with Crippen LogP contribution < -0.4 is 0 Å². The van der Waals surface area contributed by atoms with Crippen molar-refractivity contribution >= 4 is 11.8 Å². The molecule has 0 rings (SSSR count). The van der Waals surface area contributed by atoms with Crippen LogP contribution in [0, 0.1) is 11.3 Å². The van der Waals surface area contributed by atoms with Gasteiger partial charge < -0.3 is 0 Å². The predicted octanol–water partition coefficient (Wildman–Crippen LogP) is 2.82. The van der Waals surface area contributed by atoms with Crippen LogP contribution in [0.1, 0.15) is 32.6 Å². The predicted molar refractivity (Wildman–Crippen MR) is 47.1 cm³/mol. The third kappa shape index (κ3) is 7.84. The van der Waals surface area contributed by atoms with Crippen molar-refractivity contribution < 1.29 is 0 Å². The molecule has 0 aromatic carbocycles. The smallest absolute Gasteiger partial charge is 0.0622 e. The van der Waals surface area contributed by atoms with Crippen molar-refractivity contribution in [2.24, 2.45) is 0 Å². The Balaban J connectivity index is 2.72. The lowest BCUT2D eigenvalue weighted by Gasteiger charge is -1.95. The van der Waals surface area contributed by atoms with Crippen LogP contribution in [0.4, 0.5) is 0 Å². The molecule has 2 heteroatoms. The van der Waals surface area contributed by atoms with Gasteiger partial charge in [0.05, 0.1) is 6.07 Å². The Hall–Kier alpha value is -0.160. The SMILES string of the molecule is CCCCSCCCC#N. The normalized spacial score (nSPS) is 9.20. The molecule has 0 atom stereocenters. The maximum atomic E-state index is 8.21. The van der Waals surface area contributed by atoms with E-state index in [-0.39, 0.29) is 0 Å². The van der Waals surface area contributed by atoms with Crippen LogP contribution in [0.3, 0.4) is 0 Å². The largest absolute Gasteiger partial charge is 0.198 e. The third-order valence-corrected chi connectivity index (χ3v) is 2.37. The second-order valence-electron chi connectivity index (χ2n) is 2.23. The Morgan fingerprint density at radius 1 is 1.30 bits per heavy atom. The van der Waals surface area contributed by atoms with E-state index in [2.05, 4.69) is 13.0 Å². The average Bonchev–Trinajstić information content (AvgIpc) is 1.97. The summed E-state index contributed by atoms with van der Waals surface area (Å²) in [4.78, 5) is 0. The van der Waals surface area contributed by atoms with Gasteiger partial charge in [0.15, 0.2) is 0 Å². The number of hydrogen-bond donors (Lipinski definition) is 0. The van der Waals surface area contributed by atoms with E-state index in [9.17, 15) is 0 Å². The van der Waals surface area contributed by atoms with E-state index in [0.717, 1.165) is 18.6 Å². The molecule has 0 heterocycles. The summed E-state index contributed by atoms with van der Waals surface area (Å²) < 4.78 is 0. The molecule has 0 aromatic rings. The minimum atomic E-state index is 0.721. The van der Waals surface area contributed by atoms with Gasteiger partial charge in [0.2, 0.25) is 0 Å². The topological polar surface area (TPSA) is 23.8 Å². The van der Waals surface area contributed by atoms with E-state index in [1.165, 1.54) is 18.6 Å². The van der Waals surface area contributed by atoms with Gasteiger partial charge in [0.1, 0.15) is 0 Å². The molecule has 0 radical (unpaired) electrons. The Kier molecular flexibility index (Phi) is 8.70. The number of unbranched alkanes of at least 4 members (excludes halogenated alkanes) is 2. The van der Waals surface area contributed by atoms with Gasteiger partial charge in [-0.2, -0.15) is 17.0 Å². The molecular formula is C8H15NS. The van der Waals surface area contributed by atoms with Gasteiger partial charge in [0, 0.05) is 6.42 Å². The summed E-state index contributed by atoms with van der Waals surface area (Å²) in [6.45, 7) is 2.20. The first kappa shape index (κ1) is 9.84. The number of nitrogens with zero attached hydrogens (tertiary/aromatic N) is 1. The van der Waals surface area contributed by atoms with E-state index < -0.39 is 0 Å². The quantitative estimate of drug-likeness (QED) is 0.553. The molecule has 0 saturated heterocycles. The highest BCUT2D eigenvalue weighted by molar-refractivity contribution is 7.99. The van der Waals surface area contributed by atoms with Gasteiger partial charge in [-0.15, -0.1) is 0 Å². The van der Waals surface area contributed by atoms with E-state index in [1.54, 1.807) is 0 Å². The fourth-order valence-corrected chi connectivity index (χ4v) is 1.65. The van der Waals surface area contributed by atoms with Crippen LogP contribution in [-0.4, -0.2) is 11.5 Å². The second-order valence-corrected chi connectivity index (χ2v) is 3.45. The van der Waals surface area contributed by atoms with Crippen LogP contribution in [0.15, 0.2) is 0 Å². The molecule has 0 aromatic heterocycles. The summed E-state index contributed by atoms with van der Waals surface area (Å²) in [5.41, 5.74) is 0. The van der Waals surface area contributed by atoms with Crippen LogP contribution in [0.2, 0.25) is 0 Å². The van der Waals surface area contributed by atoms with Crippen LogP contribution in [0.25, 0.3) is 0 Å². The van der Waals surface area contributed by atoms with Gasteiger partial charge in [-0.3, -0.25) is 0 Å². The molecule has 0 unspecified atom stereocenters. The standard InChI is InChI=1S/C8H15NS/c1-2-3-7-10-8-5-4-6-9/h2-5,7-8H2,1H3. The zero-order valence-electron chi connectivity index (χ0n) is 6.60. The zero-order valence-corrected chi connectivity index (χ0v) is 7.41. The molecule has 0 spiro atoms. The molecule has 0 aliphatic rings. The van der Waals surface area contributed by atoms with Gasteiger partial charge in [-0.05, 0) is 24.3 Å². The summed E-state index contributed by atoms with van der Waals surface area (Å²) in [7, 11) is 0. The molecule has 0 amide bonds. The van der Waals surface area contributed by atoms with Crippen molar-refractivity contribution in [1.29, 1.82) is 5.26 Å². The van der Waals surface area contributed by atoms with Crippen LogP contribution in [-0.2, 0) is 0 Å². The molecule has 0 N–H and O–H groups in total. The monoisotopic (exact) mass is 157 g/mol. The maximum Gasteiger partial charge on any atom is 0.0622 e. The lowest BCUT2D eigenvalue weighted by atomic mass is 10.4. The van der Waals surface area contributed by atoms with Crippen molar-refractivity contribution in [1.82, 2.24) is 0 Å². The number of rotatable bonds is 6. The summed E-state index contributed by atoms with van der Waals surface area (Å²) in [6.07, 6.45) is 4.38. The van der Waals surface area contributed by atoms with Gasteiger partial charge in [0.25, 0.3) is 0 Å². The van der Waals surface area contributed by atoms with Crippen molar-refractivity contribution in [2.75, 3.05) is 11.5 Å². The summed E-state index contributed by atoms with van der Waals surface area (Å²) in [6, 6.07) is 2.15. The van der Waals surface area contributed by atoms with E-state index in [0.29, 0.717) is 0 Å². The lowest BCUT2D eigenvalue weighted by molar-refractivity contribution is 0.893. The minimum absolute atomic E-state index is 0.721. The first-order chi connectivity index (χ1) is 4.91. The van der Waals surface area contributed by atoms with Crippen molar-refractivity contribution in [3.05, 3.63) is 0 Å². The number of nitriles is 1. The highest BCUT2D eigenvalue weighted by atomic mass is 32.2. The minimum Gasteiger partial charge on any atom is -0.198 e. The first-order valence-electron chi connectivity index (χ1n) is 3.86. The maximum absolute atomic E-state index is 8.21. The second kappa shape index (κ2) is 8.84. The molecular weight excluding hydrogens is 142 g/mol. The molecule has 58 valence electrons. The first-order valence-corrected chi connectivity index (χ1v) is 5.02. The summed E-state index contributed by atoms with van der Waals surface area (Å²) in [5.74, 6) is 2.43. The van der Waals surface area contributed by atoms with E-state index in [4.69, 9.17) is 5.26 Å². The highest BCUT2D eigenvalue weighted by Crippen LogP contribution is 2.06. The Morgan fingerprint density at radius 2 is 2.00 bits per heavy atom. The van der Waals surface area contributed by atoms with Crippen molar-refractivity contribution in [3.8, 4) is 6.07 Å². The van der Waals surface area contributed by atoms with Crippen LogP contribution >= 0.6 is 11.8 Å². The Morgan fingerprint density at radius 3 is 2.60 bits per heavy atom. The van der Waals surface area contributed by atoms with E-state index in [1.807, 2.05) is 11.8 Å². The van der Waals surface area contributed by atoms with E-state index >= 15 is 0 Å². The summed E-state index contributed by atoms with van der Waals surface area (Å²) >= 11 is 1.97. The van der Waals surface area contributed by atoms with Gasteiger partial charge in [-0.1, -0.05) is 13.3 Å². The average molecular weight is 157 g/mol. The molecule has 0 aliphatic carbocycles. The molecule has 10 heavy (non-hydrogen) atoms. The fourth-order valence-electron chi connectivity index (χ4n) is 0.602. The fraction of sp³-hybridized carbons (Fsp3) is 0.875. The van der Waals surface area contributed by atoms with Gasteiger partial charge in [-0.25, -0.2) is 0 Å². The molecule has 0 fully saturated rings. The molecule has 1 nitrogen and oxygen atoms in total. The molecule has 0 bridgehead atoms. The van der Waals surface area contributed by atoms with Crippen molar-refractivity contribution in [3.63, 3.8) is 0 Å². The lowest BCUT2D eigenvalue weighted by Crippen LogP contribution is -1.82. The van der Waals surface area contributed by atoms with Gasteiger partial charge >= 0.3 is 0 Å². The Labute approximate surface area is 67.8 Å². The Bertz CT molecular complexity index is 95.9. The van der Waals surface area contributed by atoms with Crippen LogP contribution in [0.5, 0.6) is 0 Å². The highest BCUT2D eigenvalue weighted by Gasteiger charge is 1.87. The zero-order chi connectivity index (χ0) is 7.66. The molecule has 0 saturated carbocycles. The molecule has 0 aliphatic heterocycles. The number of thioether (sulfide) groups is 1. The third-order valence-electron chi connectivity index (χ3n) is 1.22. The number of hydrogen-bond acceptors (Lipinski definition) is 2.